The highest BCUT2D eigenvalue weighted by molar-refractivity contribution is 7.18. The molecule has 1 saturated carbocycles. The Morgan fingerprint density at radius 1 is 1.62 bits per heavy atom. The number of nitrogens with one attached hydrogen (secondary N) is 1. The molecule has 16 heavy (non-hydrogen) atoms. The summed E-state index contributed by atoms with van der Waals surface area (Å²) in [5.74, 6) is 0. The highest BCUT2D eigenvalue weighted by Crippen LogP contribution is 2.38. The predicted molar refractivity (Wildman–Crippen MR) is 63.8 cm³/mol. The van der Waals surface area contributed by atoms with Crippen LogP contribution in [0.15, 0.2) is 6.20 Å². The number of nitrogens with zero attached hydrogens (tertiary/aromatic N) is 2. The Balaban J connectivity index is 1.91. The fourth-order valence-corrected chi connectivity index (χ4v) is 2.75. The molecular formula is C10H15N3O2S. The van der Waals surface area contributed by atoms with Crippen molar-refractivity contribution in [1.82, 2.24) is 4.98 Å². The largest absolute Gasteiger partial charge is 0.361 e. The smallest absolute Gasteiger partial charge is 0.345 e. The van der Waals surface area contributed by atoms with Gasteiger partial charge in [-0.05, 0) is 29.6 Å². The molecule has 6 heteroatoms. The molecule has 0 aliphatic heterocycles. The van der Waals surface area contributed by atoms with Crippen molar-refractivity contribution in [2.45, 2.75) is 32.6 Å². The minimum atomic E-state index is -0.403. The van der Waals surface area contributed by atoms with Crippen molar-refractivity contribution >= 4 is 21.5 Å². The predicted octanol–water partition coefficient (Wildman–Crippen LogP) is 3.04. The van der Waals surface area contributed by atoms with Crippen LogP contribution < -0.4 is 5.32 Å². The molecule has 5 nitrogen and oxygen atoms in total. The van der Waals surface area contributed by atoms with Gasteiger partial charge < -0.3 is 5.32 Å². The number of rotatable bonds is 4. The van der Waals surface area contributed by atoms with Gasteiger partial charge in [-0.15, -0.1) is 0 Å². The lowest BCUT2D eigenvalue weighted by Crippen LogP contribution is -2.22. The first-order valence-corrected chi connectivity index (χ1v) is 6.25. The Labute approximate surface area is 98.0 Å². The van der Waals surface area contributed by atoms with Crippen LogP contribution in [-0.2, 0) is 0 Å². The van der Waals surface area contributed by atoms with E-state index in [4.69, 9.17) is 0 Å². The molecule has 1 aliphatic rings. The monoisotopic (exact) mass is 241 g/mol. The SMILES string of the molecule is CC1(CNc2ncc([N+](=O)[O-])s2)CCCC1. The van der Waals surface area contributed by atoms with Crippen molar-refractivity contribution in [3.05, 3.63) is 16.3 Å². The van der Waals surface area contributed by atoms with Crippen LogP contribution in [0, 0.1) is 15.5 Å². The molecule has 1 N–H and O–H groups in total. The lowest BCUT2D eigenvalue weighted by Gasteiger charge is -2.23. The van der Waals surface area contributed by atoms with E-state index >= 15 is 0 Å². The molecule has 1 aromatic rings. The fourth-order valence-electron chi connectivity index (χ4n) is 2.13. The molecule has 88 valence electrons. The van der Waals surface area contributed by atoms with Gasteiger partial charge in [-0.1, -0.05) is 19.8 Å². The van der Waals surface area contributed by atoms with Gasteiger partial charge in [0.15, 0.2) is 5.13 Å². The third-order valence-corrected chi connectivity index (χ3v) is 4.06. The fraction of sp³-hybridized carbons (Fsp3) is 0.700. The molecule has 1 heterocycles. The minimum Gasteiger partial charge on any atom is -0.361 e. The Morgan fingerprint density at radius 3 is 2.88 bits per heavy atom. The molecule has 0 amide bonds. The molecule has 0 saturated heterocycles. The van der Waals surface area contributed by atoms with Crippen LogP contribution >= 0.6 is 11.3 Å². The summed E-state index contributed by atoms with van der Waals surface area (Å²) < 4.78 is 0. The van der Waals surface area contributed by atoms with Gasteiger partial charge in [-0.3, -0.25) is 10.1 Å². The topological polar surface area (TPSA) is 68.1 Å². The third-order valence-electron chi connectivity index (χ3n) is 3.15. The van der Waals surface area contributed by atoms with E-state index in [0.29, 0.717) is 10.5 Å². The maximum atomic E-state index is 10.5. The number of nitro groups is 1. The van der Waals surface area contributed by atoms with E-state index < -0.39 is 4.92 Å². The van der Waals surface area contributed by atoms with Gasteiger partial charge in [0.2, 0.25) is 0 Å². The molecule has 0 atom stereocenters. The first-order valence-electron chi connectivity index (χ1n) is 5.43. The molecular weight excluding hydrogens is 226 g/mol. The lowest BCUT2D eigenvalue weighted by molar-refractivity contribution is -0.380. The number of hydrogen-bond donors (Lipinski definition) is 1. The van der Waals surface area contributed by atoms with Gasteiger partial charge in [0.1, 0.15) is 6.20 Å². The van der Waals surface area contributed by atoms with Crippen LogP contribution in [0.3, 0.4) is 0 Å². The van der Waals surface area contributed by atoms with Gasteiger partial charge in [-0.2, -0.15) is 0 Å². The van der Waals surface area contributed by atoms with Crippen LogP contribution in [-0.4, -0.2) is 16.5 Å². The second kappa shape index (κ2) is 4.37. The normalized spacial score (nSPS) is 18.6. The van der Waals surface area contributed by atoms with E-state index in [2.05, 4.69) is 17.2 Å². The molecule has 2 rings (SSSR count). The van der Waals surface area contributed by atoms with Crippen molar-refractivity contribution < 1.29 is 4.92 Å². The number of hydrogen-bond acceptors (Lipinski definition) is 5. The van der Waals surface area contributed by atoms with Gasteiger partial charge in [-0.25, -0.2) is 4.98 Å². The summed E-state index contributed by atoms with van der Waals surface area (Å²) in [4.78, 5) is 14.1. The van der Waals surface area contributed by atoms with Gasteiger partial charge in [0.25, 0.3) is 0 Å². The van der Waals surface area contributed by atoms with Crippen molar-refractivity contribution in [3.63, 3.8) is 0 Å². The van der Waals surface area contributed by atoms with E-state index in [-0.39, 0.29) is 5.00 Å². The highest BCUT2D eigenvalue weighted by Gasteiger charge is 2.28. The van der Waals surface area contributed by atoms with Crippen LogP contribution in [0.2, 0.25) is 0 Å². The van der Waals surface area contributed by atoms with Crippen molar-refractivity contribution in [3.8, 4) is 0 Å². The second-order valence-electron chi connectivity index (χ2n) is 4.63. The summed E-state index contributed by atoms with van der Waals surface area (Å²) in [7, 11) is 0. The van der Waals surface area contributed by atoms with Crippen molar-refractivity contribution in [2.75, 3.05) is 11.9 Å². The van der Waals surface area contributed by atoms with E-state index in [9.17, 15) is 10.1 Å². The quantitative estimate of drug-likeness (QED) is 0.649. The average molecular weight is 241 g/mol. The molecule has 0 bridgehead atoms. The molecule has 1 aromatic heterocycles. The number of aromatic nitrogens is 1. The summed E-state index contributed by atoms with van der Waals surface area (Å²) in [5, 5.41) is 14.4. The maximum absolute atomic E-state index is 10.5. The Kier molecular flexibility index (Phi) is 3.09. The molecule has 1 aliphatic carbocycles. The summed E-state index contributed by atoms with van der Waals surface area (Å²) in [6.45, 7) is 3.12. The van der Waals surface area contributed by atoms with Crippen LogP contribution in [0.25, 0.3) is 0 Å². The third kappa shape index (κ3) is 2.49. The maximum Gasteiger partial charge on any atom is 0.345 e. The first-order chi connectivity index (χ1) is 7.59. The highest BCUT2D eigenvalue weighted by atomic mass is 32.1. The van der Waals surface area contributed by atoms with Gasteiger partial charge in [0, 0.05) is 6.54 Å². The molecule has 0 aromatic carbocycles. The second-order valence-corrected chi connectivity index (χ2v) is 5.64. The van der Waals surface area contributed by atoms with Gasteiger partial charge >= 0.3 is 5.00 Å². The molecule has 0 spiro atoms. The zero-order chi connectivity index (χ0) is 11.6. The first kappa shape index (κ1) is 11.3. The van der Waals surface area contributed by atoms with E-state index in [1.165, 1.54) is 31.9 Å². The average Bonchev–Trinajstić information content (AvgIpc) is 2.84. The van der Waals surface area contributed by atoms with Crippen molar-refractivity contribution in [2.24, 2.45) is 5.41 Å². The van der Waals surface area contributed by atoms with Crippen molar-refractivity contribution in [1.29, 1.82) is 0 Å². The Hall–Kier alpha value is -1.17. The van der Waals surface area contributed by atoms with Crippen LogP contribution in [0.4, 0.5) is 10.1 Å². The minimum absolute atomic E-state index is 0.0964. The zero-order valence-corrected chi connectivity index (χ0v) is 10.0. The van der Waals surface area contributed by atoms with E-state index in [1.54, 1.807) is 0 Å². The zero-order valence-electron chi connectivity index (χ0n) is 9.23. The standard InChI is InChI=1S/C10H15N3O2S/c1-10(4-2-3-5-10)7-12-9-11-6-8(16-9)13(14)15/h6H,2-5,7H2,1H3,(H,11,12). The van der Waals surface area contributed by atoms with Crippen LogP contribution in [0.5, 0.6) is 0 Å². The Morgan fingerprint density at radius 2 is 2.31 bits per heavy atom. The molecule has 0 unspecified atom stereocenters. The van der Waals surface area contributed by atoms with E-state index in [0.717, 1.165) is 17.9 Å². The van der Waals surface area contributed by atoms with Gasteiger partial charge in [0.05, 0.1) is 4.92 Å². The summed E-state index contributed by atoms with van der Waals surface area (Å²) in [6.07, 6.45) is 6.34. The molecule has 0 radical (unpaired) electrons. The summed E-state index contributed by atoms with van der Waals surface area (Å²) in [6, 6.07) is 0. The summed E-state index contributed by atoms with van der Waals surface area (Å²) >= 11 is 1.10. The van der Waals surface area contributed by atoms with E-state index in [1.807, 2.05) is 0 Å². The number of anilines is 1. The Bertz CT molecular complexity index is 385. The summed E-state index contributed by atoms with van der Waals surface area (Å²) in [5.41, 5.74) is 0.334. The molecule has 1 fully saturated rings. The van der Waals surface area contributed by atoms with Crippen LogP contribution in [0.1, 0.15) is 32.6 Å². The number of thiazole rings is 1. The lowest BCUT2D eigenvalue weighted by atomic mass is 9.89.